The smallest absolute Gasteiger partial charge is 0.260 e. The van der Waals surface area contributed by atoms with Crippen molar-refractivity contribution in [3.05, 3.63) is 65.2 Å². The van der Waals surface area contributed by atoms with Crippen LogP contribution in [0.3, 0.4) is 0 Å². The van der Waals surface area contributed by atoms with Crippen LogP contribution in [0.5, 0.6) is 5.75 Å². The van der Waals surface area contributed by atoms with Crippen LogP contribution in [0.2, 0.25) is 0 Å². The third kappa shape index (κ3) is 6.21. The molecule has 0 heterocycles. The van der Waals surface area contributed by atoms with E-state index in [2.05, 4.69) is 69.4 Å². The quantitative estimate of drug-likeness (QED) is 0.726. The number of carbonyl (C=O) groups is 1. The van der Waals surface area contributed by atoms with Crippen molar-refractivity contribution in [3.8, 4) is 5.75 Å². The summed E-state index contributed by atoms with van der Waals surface area (Å²) in [5.41, 5.74) is 3.92. The number of hydrogen-bond acceptors (Lipinski definition) is 2. The maximum atomic E-state index is 12.2. The molecule has 2 rings (SSSR count). The second-order valence-corrected chi connectivity index (χ2v) is 7.91. The van der Waals surface area contributed by atoms with Crippen LogP contribution in [0.4, 0.5) is 0 Å². The molecule has 0 unspecified atom stereocenters. The molecule has 1 N–H and O–H groups in total. The van der Waals surface area contributed by atoms with E-state index in [0.29, 0.717) is 6.54 Å². The van der Waals surface area contributed by atoms with Crippen LogP contribution >= 0.6 is 0 Å². The SMILES string of the molecule is Cc1ccc(CCCNC(=O)[C@@H](C)Oc2ccc(C(C)(C)C)cc2)cc1. The van der Waals surface area contributed by atoms with E-state index >= 15 is 0 Å². The molecule has 0 radical (unpaired) electrons. The summed E-state index contributed by atoms with van der Waals surface area (Å²) in [6.45, 7) is 11.1. The lowest BCUT2D eigenvalue weighted by Gasteiger charge is -2.20. The summed E-state index contributed by atoms with van der Waals surface area (Å²) >= 11 is 0. The monoisotopic (exact) mass is 353 g/mol. The molecule has 2 aromatic rings. The fourth-order valence-electron chi connectivity index (χ4n) is 2.69. The zero-order valence-corrected chi connectivity index (χ0v) is 16.6. The Hall–Kier alpha value is -2.29. The molecule has 0 saturated carbocycles. The van der Waals surface area contributed by atoms with E-state index in [0.717, 1.165) is 18.6 Å². The lowest BCUT2D eigenvalue weighted by molar-refractivity contribution is -0.127. The Morgan fingerprint density at radius 3 is 2.23 bits per heavy atom. The number of amides is 1. The van der Waals surface area contributed by atoms with E-state index in [9.17, 15) is 4.79 Å². The molecular formula is C23H31NO2. The Labute approximate surface area is 157 Å². The number of carbonyl (C=O) groups excluding carboxylic acids is 1. The topological polar surface area (TPSA) is 38.3 Å². The van der Waals surface area contributed by atoms with Gasteiger partial charge < -0.3 is 10.1 Å². The summed E-state index contributed by atoms with van der Waals surface area (Å²) < 4.78 is 5.76. The molecule has 3 heteroatoms. The molecule has 26 heavy (non-hydrogen) atoms. The van der Waals surface area contributed by atoms with Crippen molar-refractivity contribution >= 4 is 5.91 Å². The van der Waals surface area contributed by atoms with Crippen LogP contribution in [0, 0.1) is 6.92 Å². The number of nitrogens with one attached hydrogen (secondary N) is 1. The minimum absolute atomic E-state index is 0.0752. The van der Waals surface area contributed by atoms with Crippen molar-refractivity contribution in [2.75, 3.05) is 6.54 Å². The van der Waals surface area contributed by atoms with E-state index in [4.69, 9.17) is 4.74 Å². The van der Waals surface area contributed by atoms with Gasteiger partial charge in [-0.25, -0.2) is 0 Å². The van der Waals surface area contributed by atoms with Crippen LogP contribution < -0.4 is 10.1 Å². The minimum atomic E-state index is -0.505. The molecule has 0 aromatic heterocycles. The van der Waals surface area contributed by atoms with Crippen molar-refractivity contribution in [1.29, 1.82) is 0 Å². The number of ether oxygens (including phenoxy) is 1. The summed E-state index contributed by atoms with van der Waals surface area (Å²) in [6.07, 6.45) is 1.38. The van der Waals surface area contributed by atoms with Crippen molar-refractivity contribution in [3.63, 3.8) is 0 Å². The first-order valence-electron chi connectivity index (χ1n) is 9.36. The highest BCUT2D eigenvalue weighted by Crippen LogP contribution is 2.24. The van der Waals surface area contributed by atoms with Gasteiger partial charge in [-0.05, 0) is 55.4 Å². The van der Waals surface area contributed by atoms with E-state index < -0.39 is 6.10 Å². The maximum absolute atomic E-state index is 12.2. The van der Waals surface area contributed by atoms with Gasteiger partial charge in [0, 0.05) is 6.54 Å². The molecule has 3 nitrogen and oxygen atoms in total. The summed E-state index contributed by atoms with van der Waals surface area (Å²) in [7, 11) is 0. The van der Waals surface area contributed by atoms with Gasteiger partial charge in [-0.3, -0.25) is 4.79 Å². The fourth-order valence-corrected chi connectivity index (χ4v) is 2.69. The Kier molecular flexibility index (Phi) is 6.84. The van der Waals surface area contributed by atoms with Crippen molar-refractivity contribution in [2.45, 2.75) is 59.0 Å². The van der Waals surface area contributed by atoms with Crippen LogP contribution in [0.15, 0.2) is 48.5 Å². The van der Waals surface area contributed by atoms with Crippen molar-refractivity contribution in [1.82, 2.24) is 5.32 Å². The van der Waals surface area contributed by atoms with Crippen molar-refractivity contribution < 1.29 is 9.53 Å². The molecule has 1 atom stereocenters. The summed E-state index contributed by atoms with van der Waals surface area (Å²) in [5.74, 6) is 0.647. The van der Waals surface area contributed by atoms with Crippen LogP contribution in [0.1, 0.15) is 50.8 Å². The van der Waals surface area contributed by atoms with E-state index in [1.165, 1.54) is 16.7 Å². The van der Waals surface area contributed by atoms with Gasteiger partial charge >= 0.3 is 0 Å². The third-order valence-corrected chi connectivity index (χ3v) is 4.46. The lowest BCUT2D eigenvalue weighted by Crippen LogP contribution is -2.36. The first kappa shape index (κ1) is 20.0. The molecule has 0 fully saturated rings. The molecule has 2 aromatic carbocycles. The van der Waals surface area contributed by atoms with Gasteiger partial charge in [0.25, 0.3) is 5.91 Å². The Morgan fingerprint density at radius 2 is 1.65 bits per heavy atom. The van der Waals surface area contributed by atoms with Crippen LogP contribution in [-0.2, 0) is 16.6 Å². The maximum Gasteiger partial charge on any atom is 0.260 e. The van der Waals surface area contributed by atoms with Gasteiger partial charge in [-0.2, -0.15) is 0 Å². The average Bonchev–Trinajstić information content (AvgIpc) is 2.59. The van der Waals surface area contributed by atoms with Gasteiger partial charge in [-0.1, -0.05) is 62.7 Å². The minimum Gasteiger partial charge on any atom is -0.481 e. The van der Waals surface area contributed by atoms with Crippen LogP contribution in [-0.4, -0.2) is 18.6 Å². The molecule has 0 saturated heterocycles. The summed E-state index contributed by atoms with van der Waals surface area (Å²) in [6, 6.07) is 16.5. The number of aryl methyl sites for hydroxylation is 2. The Morgan fingerprint density at radius 1 is 1.04 bits per heavy atom. The van der Waals surface area contributed by atoms with Crippen molar-refractivity contribution in [2.24, 2.45) is 0 Å². The lowest BCUT2D eigenvalue weighted by atomic mass is 9.87. The van der Waals surface area contributed by atoms with Gasteiger partial charge in [-0.15, -0.1) is 0 Å². The zero-order chi connectivity index (χ0) is 19.2. The Balaban J connectivity index is 1.74. The molecule has 0 aliphatic carbocycles. The second-order valence-electron chi connectivity index (χ2n) is 7.91. The molecule has 0 aliphatic rings. The van der Waals surface area contributed by atoms with E-state index in [1.807, 2.05) is 12.1 Å². The fraction of sp³-hybridized carbons (Fsp3) is 0.435. The highest BCUT2D eigenvalue weighted by Gasteiger charge is 2.16. The average molecular weight is 354 g/mol. The van der Waals surface area contributed by atoms with Gasteiger partial charge in [0.1, 0.15) is 5.75 Å². The molecule has 0 spiro atoms. The molecular weight excluding hydrogens is 322 g/mol. The standard InChI is InChI=1S/C23H31NO2/c1-17-8-10-19(11-9-17)7-6-16-24-22(25)18(2)26-21-14-12-20(13-15-21)23(3,4)5/h8-15,18H,6-7,16H2,1-5H3,(H,24,25)/t18-/m1/s1. The highest BCUT2D eigenvalue weighted by atomic mass is 16.5. The number of benzene rings is 2. The van der Waals surface area contributed by atoms with E-state index in [-0.39, 0.29) is 11.3 Å². The number of hydrogen-bond donors (Lipinski definition) is 1. The first-order valence-corrected chi connectivity index (χ1v) is 9.36. The van der Waals surface area contributed by atoms with Gasteiger partial charge in [0.15, 0.2) is 6.10 Å². The largest absolute Gasteiger partial charge is 0.481 e. The van der Waals surface area contributed by atoms with Crippen LogP contribution in [0.25, 0.3) is 0 Å². The molecule has 140 valence electrons. The summed E-state index contributed by atoms with van der Waals surface area (Å²) in [5, 5.41) is 2.96. The predicted octanol–water partition coefficient (Wildman–Crippen LogP) is 4.81. The third-order valence-electron chi connectivity index (χ3n) is 4.46. The molecule has 0 bridgehead atoms. The molecule has 1 amide bonds. The highest BCUT2D eigenvalue weighted by molar-refractivity contribution is 5.80. The second kappa shape index (κ2) is 8.88. The molecule has 0 aliphatic heterocycles. The number of rotatable bonds is 7. The predicted molar refractivity (Wildman–Crippen MR) is 108 cm³/mol. The zero-order valence-electron chi connectivity index (χ0n) is 16.6. The van der Waals surface area contributed by atoms with E-state index in [1.54, 1.807) is 6.92 Å². The van der Waals surface area contributed by atoms with Gasteiger partial charge in [0.05, 0.1) is 0 Å². The van der Waals surface area contributed by atoms with Gasteiger partial charge in [0.2, 0.25) is 0 Å². The Bertz CT molecular complexity index is 696. The first-order chi connectivity index (χ1) is 12.3. The summed E-state index contributed by atoms with van der Waals surface area (Å²) in [4.78, 5) is 12.2. The normalized spacial score (nSPS) is 12.5.